The standard InChI is InChI=1S/C16H14F2O/c1-9-5-4-6-13(15(9)18)16(19)12-7-10(2)14(17)11(3)8-12/h4-8H,1-3H3. The third-order valence-corrected chi connectivity index (χ3v) is 3.14. The van der Waals surface area contributed by atoms with Crippen molar-refractivity contribution in [3.63, 3.8) is 0 Å². The molecule has 0 bridgehead atoms. The molecule has 0 heterocycles. The van der Waals surface area contributed by atoms with E-state index in [1.165, 1.54) is 18.2 Å². The molecule has 0 saturated heterocycles. The number of carbonyl (C=O) groups is 1. The Labute approximate surface area is 110 Å². The van der Waals surface area contributed by atoms with Crippen molar-refractivity contribution in [2.75, 3.05) is 0 Å². The molecular formula is C16H14F2O. The van der Waals surface area contributed by atoms with Gasteiger partial charge in [-0.25, -0.2) is 8.78 Å². The summed E-state index contributed by atoms with van der Waals surface area (Å²) in [6.07, 6.45) is 0. The van der Waals surface area contributed by atoms with Crippen LogP contribution in [0.2, 0.25) is 0 Å². The van der Waals surface area contributed by atoms with Crippen LogP contribution in [0.15, 0.2) is 30.3 Å². The topological polar surface area (TPSA) is 17.1 Å². The number of benzene rings is 2. The van der Waals surface area contributed by atoms with Crippen molar-refractivity contribution in [2.24, 2.45) is 0 Å². The molecule has 0 saturated carbocycles. The van der Waals surface area contributed by atoms with E-state index in [1.807, 2.05) is 0 Å². The number of rotatable bonds is 2. The molecule has 0 aromatic heterocycles. The summed E-state index contributed by atoms with van der Waals surface area (Å²) in [5, 5.41) is 0. The highest BCUT2D eigenvalue weighted by molar-refractivity contribution is 6.09. The van der Waals surface area contributed by atoms with Crippen LogP contribution in [0.4, 0.5) is 8.78 Å². The van der Waals surface area contributed by atoms with Crippen LogP contribution in [-0.2, 0) is 0 Å². The van der Waals surface area contributed by atoms with E-state index in [4.69, 9.17) is 0 Å². The minimum Gasteiger partial charge on any atom is -0.288 e. The van der Waals surface area contributed by atoms with Gasteiger partial charge in [0, 0.05) is 5.56 Å². The zero-order valence-corrected chi connectivity index (χ0v) is 11.1. The summed E-state index contributed by atoms with van der Waals surface area (Å²) >= 11 is 0. The average molecular weight is 260 g/mol. The largest absolute Gasteiger partial charge is 0.288 e. The summed E-state index contributed by atoms with van der Waals surface area (Å²) in [7, 11) is 0. The first-order valence-corrected chi connectivity index (χ1v) is 5.98. The van der Waals surface area contributed by atoms with Gasteiger partial charge >= 0.3 is 0 Å². The van der Waals surface area contributed by atoms with Crippen LogP contribution >= 0.6 is 0 Å². The molecule has 2 rings (SSSR count). The lowest BCUT2D eigenvalue weighted by molar-refractivity contribution is 0.103. The molecule has 2 aromatic carbocycles. The van der Waals surface area contributed by atoms with Gasteiger partial charge in [-0.1, -0.05) is 12.1 Å². The normalized spacial score (nSPS) is 10.6. The molecule has 0 N–H and O–H groups in total. The minimum absolute atomic E-state index is 0.0189. The number of carbonyl (C=O) groups excluding carboxylic acids is 1. The lowest BCUT2D eigenvalue weighted by atomic mass is 9.97. The van der Waals surface area contributed by atoms with E-state index < -0.39 is 11.6 Å². The molecule has 3 heteroatoms. The van der Waals surface area contributed by atoms with Crippen LogP contribution in [0, 0.1) is 32.4 Å². The van der Waals surface area contributed by atoms with Crippen LogP contribution in [0.25, 0.3) is 0 Å². The second-order valence-corrected chi connectivity index (χ2v) is 4.69. The highest BCUT2D eigenvalue weighted by Crippen LogP contribution is 2.20. The van der Waals surface area contributed by atoms with Gasteiger partial charge in [-0.05, 0) is 55.7 Å². The van der Waals surface area contributed by atoms with Crippen LogP contribution in [0.5, 0.6) is 0 Å². The Hall–Kier alpha value is -2.03. The highest BCUT2D eigenvalue weighted by Gasteiger charge is 2.17. The van der Waals surface area contributed by atoms with E-state index in [0.717, 1.165) is 0 Å². The van der Waals surface area contributed by atoms with Gasteiger partial charge in [-0.15, -0.1) is 0 Å². The maximum Gasteiger partial charge on any atom is 0.195 e. The Morgan fingerprint density at radius 2 is 1.47 bits per heavy atom. The highest BCUT2D eigenvalue weighted by atomic mass is 19.1. The van der Waals surface area contributed by atoms with Crippen molar-refractivity contribution >= 4 is 5.78 Å². The van der Waals surface area contributed by atoms with Gasteiger partial charge in [0.15, 0.2) is 5.78 Å². The molecular weight excluding hydrogens is 246 g/mol. The van der Waals surface area contributed by atoms with Crippen LogP contribution in [-0.4, -0.2) is 5.78 Å². The molecule has 0 spiro atoms. The van der Waals surface area contributed by atoms with E-state index >= 15 is 0 Å². The molecule has 0 unspecified atom stereocenters. The number of halogens is 2. The monoisotopic (exact) mass is 260 g/mol. The maximum absolute atomic E-state index is 13.9. The summed E-state index contributed by atoms with van der Waals surface area (Å²) in [6.45, 7) is 4.78. The summed E-state index contributed by atoms with van der Waals surface area (Å²) in [4.78, 5) is 12.3. The van der Waals surface area contributed by atoms with Crippen LogP contribution in [0.3, 0.4) is 0 Å². The molecule has 0 aliphatic carbocycles. The minimum atomic E-state index is -0.521. The summed E-state index contributed by atoms with van der Waals surface area (Å²) in [5.41, 5.74) is 1.51. The van der Waals surface area contributed by atoms with Crippen molar-refractivity contribution in [3.05, 3.63) is 69.8 Å². The smallest absolute Gasteiger partial charge is 0.195 e. The second-order valence-electron chi connectivity index (χ2n) is 4.69. The Kier molecular flexibility index (Phi) is 3.47. The number of hydrogen-bond acceptors (Lipinski definition) is 1. The summed E-state index contributed by atoms with van der Waals surface area (Å²) in [5.74, 6) is -1.28. The second kappa shape index (κ2) is 4.92. The molecule has 0 atom stereocenters. The van der Waals surface area contributed by atoms with E-state index in [2.05, 4.69) is 0 Å². The van der Waals surface area contributed by atoms with Gasteiger partial charge in [-0.3, -0.25) is 4.79 Å². The first-order valence-electron chi connectivity index (χ1n) is 5.98. The first kappa shape index (κ1) is 13.4. The quantitative estimate of drug-likeness (QED) is 0.742. The SMILES string of the molecule is Cc1cc(C(=O)c2cccc(C)c2F)cc(C)c1F. The molecule has 19 heavy (non-hydrogen) atoms. The van der Waals surface area contributed by atoms with Gasteiger partial charge in [0.2, 0.25) is 0 Å². The van der Waals surface area contributed by atoms with Crippen molar-refractivity contribution in [1.82, 2.24) is 0 Å². The number of hydrogen-bond donors (Lipinski definition) is 0. The first-order chi connectivity index (χ1) is 8.91. The lowest BCUT2D eigenvalue weighted by Gasteiger charge is -2.08. The third-order valence-electron chi connectivity index (χ3n) is 3.14. The molecule has 0 aliphatic heterocycles. The molecule has 1 nitrogen and oxygen atoms in total. The predicted octanol–water partition coefficient (Wildman–Crippen LogP) is 4.12. The average Bonchev–Trinajstić information content (AvgIpc) is 2.38. The molecule has 0 aliphatic rings. The molecule has 2 aromatic rings. The molecule has 0 amide bonds. The number of aryl methyl sites for hydroxylation is 3. The Morgan fingerprint density at radius 1 is 0.895 bits per heavy atom. The molecule has 98 valence electrons. The van der Waals surface area contributed by atoms with E-state index in [-0.39, 0.29) is 11.4 Å². The lowest BCUT2D eigenvalue weighted by Crippen LogP contribution is -2.07. The van der Waals surface area contributed by atoms with Gasteiger partial charge in [0.1, 0.15) is 11.6 Å². The van der Waals surface area contributed by atoms with Crippen molar-refractivity contribution in [2.45, 2.75) is 20.8 Å². The molecule has 0 fully saturated rings. The van der Waals surface area contributed by atoms with Gasteiger partial charge in [0.25, 0.3) is 0 Å². The summed E-state index contributed by atoms with van der Waals surface area (Å²) < 4.78 is 27.5. The fourth-order valence-electron chi connectivity index (χ4n) is 2.06. The Morgan fingerprint density at radius 3 is 2.05 bits per heavy atom. The van der Waals surface area contributed by atoms with E-state index in [0.29, 0.717) is 22.3 Å². The van der Waals surface area contributed by atoms with E-state index in [1.54, 1.807) is 32.9 Å². The fraction of sp³-hybridized carbons (Fsp3) is 0.188. The van der Waals surface area contributed by atoms with Crippen molar-refractivity contribution in [3.8, 4) is 0 Å². The van der Waals surface area contributed by atoms with Crippen molar-refractivity contribution in [1.29, 1.82) is 0 Å². The predicted molar refractivity (Wildman–Crippen MR) is 70.4 cm³/mol. The fourth-order valence-corrected chi connectivity index (χ4v) is 2.06. The zero-order valence-electron chi connectivity index (χ0n) is 11.1. The third kappa shape index (κ3) is 2.41. The van der Waals surface area contributed by atoms with Crippen molar-refractivity contribution < 1.29 is 13.6 Å². The van der Waals surface area contributed by atoms with Crippen LogP contribution < -0.4 is 0 Å². The van der Waals surface area contributed by atoms with Gasteiger partial charge < -0.3 is 0 Å². The Balaban J connectivity index is 2.53. The van der Waals surface area contributed by atoms with Gasteiger partial charge in [-0.2, -0.15) is 0 Å². The van der Waals surface area contributed by atoms with Crippen LogP contribution in [0.1, 0.15) is 32.6 Å². The summed E-state index contributed by atoms with van der Waals surface area (Å²) in [6, 6.07) is 7.58. The molecule has 0 radical (unpaired) electrons. The number of ketones is 1. The zero-order chi connectivity index (χ0) is 14.2. The van der Waals surface area contributed by atoms with Gasteiger partial charge in [0.05, 0.1) is 5.56 Å². The van der Waals surface area contributed by atoms with E-state index in [9.17, 15) is 13.6 Å². The maximum atomic E-state index is 13.9. The Bertz CT molecular complexity index is 637.